The van der Waals surface area contributed by atoms with Crippen molar-refractivity contribution in [2.75, 3.05) is 29.6 Å². The maximum absolute atomic E-state index is 13.3. The molecule has 192 valence electrons. The smallest absolute Gasteiger partial charge is 0.263 e. The standard InChI is InChI=1S/C25H26N6O5S/c1-15(26)25(32)28-16-7-6-8-20(13-16)37(33,34)31-24-23(29-21-9-4-5-10-22(21)30-24)27-17-11-18(35-2)14-19(12-17)36-3/h4-15H,26H2,1-3H3,(H,27,29)(H,28,32)(H,30,31)/t15-/m1/s1. The summed E-state index contributed by atoms with van der Waals surface area (Å²) in [6.45, 7) is 1.53. The van der Waals surface area contributed by atoms with Gasteiger partial charge in [-0.15, -0.1) is 0 Å². The molecule has 1 heterocycles. The lowest BCUT2D eigenvalue weighted by Gasteiger charge is -2.15. The number of anilines is 4. The number of hydrogen-bond donors (Lipinski definition) is 4. The Kier molecular flexibility index (Phi) is 7.41. The molecule has 1 atom stereocenters. The van der Waals surface area contributed by atoms with Crippen LogP contribution in [0.2, 0.25) is 0 Å². The van der Waals surface area contributed by atoms with Crippen molar-refractivity contribution in [3.8, 4) is 11.5 Å². The molecule has 1 aromatic heterocycles. The zero-order chi connectivity index (χ0) is 26.6. The van der Waals surface area contributed by atoms with Gasteiger partial charge in [-0.3, -0.25) is 9.52 Å². The molecular weight excluding hydrogens is 496 g/mol. The van der Waals surface area contributed by atoms with Gasteiger partial charge in [0.15, 0.2) is 11.6 Å². The first kappa shape index (κ1) is 25.7. The largest absolute Gasteiger partial charge is 0.497 e. The van der Waals surface area contributed by atoms with E-state index in [1.54, 1.807) is 48.5 Å². The number of rotatable bonds is 9. The van der Waals surface area contributed by atoms with E-state index in [1.165, 1.54) is 39.3 Å². The molecule has 0 bridgehead atoms. The van der Waals surface area contributed by atoms with E-state index < -0.39 is 22.0 Å². The fourth-order valence-electron chi connectivity index (χ4n) is 3.36. The minimum atomic E-state index is -4.13. The van der Waals surface area contributed by atoms with E-state index in [0.29, 0.717) is 28.2 Å². The number of hydrogen-bond acceptors (Lipinski definition) is 9. The predicted molar refractivity (Wildman–Crippen MR) is 142 cm³/mol. The maximum atomic E-state index is 13.3. The lowest BCUT2D eigenvalue weighted by Crippen LogP contribution is -2.32. The molecule has 37 heavy (non-hydrogen) atoms. The zero-order valence-corrected chi connectivity index (χ0v) is 21.2. The second kappa shape index (κ2) is 10.7. The predicted octanol–water partition coefficient (Wildman–Crippen LogP) is 3.48. The number of nitrogens with one attached hydrogen (secondary N) is 3. The maximum Gasteiger partial charge on any atom is 0.263 e. The average Bonchev–Trinajstić information content (AvgIpc) is 2.88. The van der Waals surface area contributed by atoms with Gasteiger partial charge < -0.3 is 25.8 Å². The van der Waals surface area contributed by atoms with E-state index in [9.17, 15) is 13.2 Å². The van der Waals surface area contributed by atoms with Crippen LogP contribution in [0.5, 0.6) is 11.5 Å². The van der Waals surface area contributed by atoms with Gasteiger partial charge in [0.2, 0.25) is 5.91 Å². The fourth-order valence-corrected chi connectivity index (χ4v) is 4.41. The molecule has 0 aliphatic heterocycles. The highest BCUT2D eigenvalue weighted by Crippen LogP contribution is 2.31. The highest BCUT2D eigenvalue weighted by atomic mass is 32.2. The molecule has 0 unspecified atom stereocenters. The van der Waals surface area contributed by atoms with Crippen LogP contribution in [-0.4, -0.2) is 44.6 Å². The Balaban J connectivity index is 1.73. The van der Waals surface area contributed by atoms with Crippen LogP contribution in [0.25, 0.3) is 11.0 Å². The molecular formula is C25H26N6O5S. The summed E-state index contributed by atoms with van der Waals surface area (Å²) >= 11 is 0. The molecule has 5 N–H and O–H groups in total. The molecule has 0 saturated heterocycles. The second-order valence-corrected chi connectivity index (χ2v) is 9.73. The van der Waals surface area contributed by atoms with Crippen LogP contribution in [0.15, 0.2) is 71.6 Å². The molecule has 0 aliphatic rings. The van der Waals surface area contributed by atoms with Crippen LogP contribution in [0.4, 0.5) is 23.0 Å². The van der Waals surface area contributed by atoms with Crippen LogP contribution in [-0.2, 0) is 14.8 Å². The number of aromatic nitrogens is 2. The Morgan fingerprint density at radius 2 is 1.49 bits per heavy atom. The van der Waals surface area contributed by atoms with Crippen LogP contribution >= 0.6 is 0 Å². The summed E-state index contributed by atoms with van der Waals surface area (Å²) in [4.78, 5) is 20.9. The third kappa shape index (κ3) is 6.05. The highest BCUT2D eigenvalue weighted by molar-refractivity contribution is 7.92. The van der Waals surface area contributed by atoms with Crippen molar-refractivity contribution in [2.24, 2.45) is 5.73 Å². The molecule has 4 aromatic rings. The lowest BCUT2D eigenvalue weighted by atomic mass is 10.2. The number of benzene rings is 3. The van der Waals surface area contributed by atoms with Crippen LogP contribution in [0, 0.1) is 0 Å². The van der Waals surface area contributed by atoms with Crippen molar-refractivity contribution < 1.29 is 22.7 Å². The van der Waals surface area contributed by atoms with Crippen molar-refractivity contribution in [1.29, 1.82) is 0 Å². The number of para-hydroxylation sites is 2. The summed E-state index contributed by atoms with van der Waals surface area (Å²) in [5.41, 5.74) is 7.47. The van der Waals surface area contributed by atoms with E-state index >= 15 is 0 Å². The van der Waals surface area contributed by atoms with Gasteiger partial charge in [0.05, 0.1) is 36.2 Å². The summed E-state index contributed by atoms with van der Waals surface area (Å²) in [5.74, 6) is 0.763. The van der Waals surface area contributed by atoms with Gasteiger partial charge in [0.25, 0.3) is 10.0 Å². The molecule has 0 fully saturated rings. The van der Waals surface area contributed by atoms with Gasteiger partial charge >= 0.3 is 0 Å². The number of carbonyl (C=O) groups is 1. The Morgan fingerprint density at radius 3 is 2.08 bits per heavy atom. The normalized spacial score (nSPS) is 12.0. The van der Waals surface area contributed by atoms with Crippen molar-refractivity contribution in [1.82, 2.24) is 9.97 Å². The minimum Gasteiger partial charge on any atom is -0.497 e. The number of methoxy groups -OCH3 is 2. The van der Waals surface area contributed by atoms with Crippen LogP contribution < -0.4 is 30.6 Å². The second-order valence-electron chi connectivity index (χ2n) is 8.05. The zero-order valence-electron chi connectivity index (χ0n) is 20.3. The average molecular weight is 523 g/mol. The monoisotopic (exact) mass is 522 g/mol. The fraction of sp³-hybridized carbons (Fsp3) is 0.160. The van der Waals surface area contributed by atoms with E-state index in [1.807, 2.05) is 0 Å². The van der Waals surface area contributed by atoms with Crippen molar-refractivity contribution in [2.45, 2.75) is 17.9 Å². The first-order chi connectivity index (χ1) is 17.7. The molecule has 0 radical (unpaired) electrons. The number of sulfonamides is 1. The number of fused-ring (bicyclic) bond motifs is 1. The van der Waals surface area contributed by atoms with Gasteiger partial charge in [-0.2, -0.15) is 0 Å². The van der Waals surface area contributed by atoms with Gasteiger partial charge in [-0.05, 0) is 37.3 Å². The molecule has 0 saturated carbocycles. The molecule has 12 heteroatoms. The van der Waals surface area contributed by atoms with Crippen LogP contribution in [0.1, 0.15) is 6.92 Å². The molecule has 0 aliphatic carbocycles. The number of ether oxygens (including phenoxy) is 2. The van der Waals surface area contributed by atoms with Crippen molar-refractivity contribution in [3.05, 3.63) is 66.7 Å². The SMILES string of the molecule is COc1cc(Nc2nc3ccccc3nc2NS(=O)(=O)c2cccc(NC(=O)[C@@H](C)N)c2)cc(OC)c1. The molecule has 0 spiro atoms. The first-order valence-electron chi connectivity index (χ1n) is 11.1. The van der Waals surface area contributed by atoms with Gasteiger partial charge in [0, 0.05) is 29.6 Å². The number of nitrogens with two attached hydrogens (primary N) is 1. The summed E-state index contributed by atoms with van der Waals surface area (Å²) < 4.78 is 39.8. The Bertz CT molecular complexity index is 1540. The number of nitrogens with zero attached hydrogens (tertiary/aromatic N) is 2. The van der Waals surface area contributed by atoms with E-state index in [2.05, 4.69) is 25.3 Å². The quantitative estimate of drug-likeness (QED) is 0.258. The Labute approximate surface area is 214 Å². The van der Waals surface area contributed by atoms with E-state index in [-0.39, 0.29) is 22.2 Å². The van der Waals surface area contributed by atoms with Gasteiger partial charge in [-0.1, -0.05) is 18.2 Å². The van der Waals surface area contributed by atoms with Crippen molar-refractivity contribution >= 4 is 50.0 Å². The number of amides is 1. The molecule has 11 nitrogen and oxygen atoms in total. The summed E-state index contributed by atoms with van der Waals surface area (Å²) in [7, 11) is -1.07. The lowest BCUT2D eigenvalue weighted by molar-refractivity contribution is -0.117. The third-order valence-corrected chi connectivity index (χ3v) is 6.58. The summed E-state index contributed by atoms with van der Waals surface area (Å²) in [5, 5.41) is 5.69. The van der Waals surface area contributed by atoms with E-state index in [0.717, 1.165) is 0 Å². The van der Waals surface area contributed by atoms with Crippen molar-refractivity contribution in [3.63, 3.8) is 0 Å². The molecule has 4 rings (SSSR count). The highest BCUT2D eigenvalue weighted by Gasteiger charge is 2.20. The Morgan fingerprint density at radius 1 is 0.865 bits per heavy atom. The van der Waals surface area contributed by atoms with Gasteiger partial charge in [-0.25, -0.2) is 18.4 Å². The first-order valence-corrected chi connectivity index (χ1v) is 12.6. The van der Waals surface area contributed by atoms with E-state index in [4.69, 9.17) is 15.2 Å². The van der Waals surface area contributed by atoms with Gasteiger partial charge in [0.1, 0.15) is 11.5 Å². The number of carbonyl (C=O) groups excluding carboxylic acids is 1. The minimum absolute atomic E-state index is 0.0227. The van der Waals surface area contributed by atoms with Crippen LogP contribution in [0.3, 0.4) is 0 Å². The summed E-state index contributed by atoms with van der Waals surface area (Å²) in [6, 6.07) is 17.3. The topological polar surface area (TPSA) is 158 Å². The summed E-state index contributed by atoms with van der Waals surface area (Å²) in [6.07, 6.45) is 0. The third-order valence-electron chi connectivity index (χ3n) is 5.24. The molecule has 3 aromatic carbocycles. The Hall–Kier alpha value is -4.42. The molecule has 1 amide bonds.